The summed E-state index contributed by atoms with van der Waals surface area (Å²) in [5.74, 6) is -0.524. The van der Waals surface area contributed by atoms with Gasteiger partial charge >= 0.3 is 0 Å². The summed E-state index contributed by atoms with van der Waals surface area (Å²) in [6.45, 7) is 8.48. The first-order valence-corrected chi connectivity index (χ1v) is 9.45. The fourth-order valence-electron chi connectivity index (χ4n) is 3.09. The molecule has 2 amide bonds. The zero-order chi connectivity index (χ0) is 19.9. The van der Waals surface area contributed by atoms with Crippen molar-refractivity contribution in [1.29, 1.82) is 0 Å². The molecule has 3 rings (SSSR count). The van der Waals surface area contributed by atoms with Gasteiger partial charge in [0.1, 0.15) is 0 Å². The maximum Gasteiger partial charge on any atom is 0.257 e. The van der Waals surface area contributed by atoms with Crippen molar-refractivity contribution in [2.24, 2.45) is 0 Å². The number of pyridine rings is 1. The van der Waals surface area contributed by atoms with Crippen molar-refractivity contribution in [1.82, 2.24) is 15.2 Å². The molecule has 0 bridgehead atoms. The van der Waals surface area contributed by atoms with Gasteiger partial charge in [-0.1, -0.05) is 17.7 Å². The van der Waals surface area contributed by atoms with Gasteiger partial charge in [0.15, 0.2) is 0 Å². The number of carbonyl (C=O) groups excluding carboxylic acids is 2. The Balaban J connectivity index is 1.57. The van der Waals surface area contributed by atoms with Crippen LogP contribution in [0.3, 0.4) is 0 Å². The van der Waals surface area contributed by atoms with E-state index in [-0.39, 0.29) is 11.8 Å². The Labute approximate surface area is 165 Å². The molecule has 0 atom stereocenters. The van der Waals surface area contributed by atoms with Crippen molar-refractivity contribution in [2.45, 2.75) is 13.8 Å². The summed E-state index contributed by atoms with van der Waals surface area (Å²) >= 11 is 0. The van der Waals surface area contributed by atoms with Crippen molar-refractivity contribution in [2.75, 3.05) is 44.7 Å². The SMILES string of the molecule is Cc1ccc(NC(=O)c2cncc(C(=O)NCCN3CCOCC3)c2)c(C)c1. The van der Waals surface area contributed by atoms with Gasteiger partial charge in [-0.25, -0.2) is 0 Å². The van der Waals surface area contributed by atoms with Crippen LogP contribution in [0, 0.1) is 13.8 Å². The van der Waals surface area contributed by atoms with Crippen LogP contribution in [0.15, 0.2) is 36.7 Å². The van der Waals surface area contributed by atoms with Gasteiger partial charge in [0, 0.05) is 44.3 Å². The number of nitrogens with zero attached hydrogens (tertiary/aromatic N) is 2. The number of aromatic nitrogens is 1. The highest BCUT2D eigenvalue weighted by molar-refractivity contribution is 6.06. The highest BCUT2D eigenvalue weighted by Crippen LogP contribution is 2.17. The Hall–Kier alpha value is -2.77. The van der Waals surface area contributed by atoms with Gasteiger partial charge in [0.05, 0.1) is 24.3 Å². The van der Waals surface area contributed by atoms with Crippen LogP contribution in [0.1, 0.15) is 31.8 Å². The summed E-state index contributed by atoms with van der Waals surface area (Å²) in [6, 6.07) is 7.39. The predicted molar refractivity (Wildman–Crippen MR) is 108 cm³/mol. The number of aryl methyl sites for hydroxylation is 2. The Morgan fingerprint density at radius 3 is 2.50 bits per heavy atom. The molecular formula is C21H26N4O3. The van der Waals surface area contributed by atoms with E-state index in [1.165, 1.54) is 12.4 Å². The third-order valence-electron chi connectivity index (χ3n) is 4.71. The van der Waals surface area contributed by atoms with Crippen LogP contribution >= 0.6 is 0 Å². The minimum absolute atomic E-state index is 0.234. The molecular weight excluding hydrogens is 356 g/mol. The molecule has 28 heavy (non-hydrogen) atoms. The Kier molecular flexibility index (Phi) is 6.73. The number of ether oxygens (including phenoxy) is 1. The van der Waals surface area contributed by atoms with Crippen LogP contribution in [0.4, 0.5) is 5.69 Å². The number of amides is 2. The first kappa shape index (κ1) is 20.0. The van der Waals surface area contributed by atoms with Gasteiger partial charge in [-0.2, -0.15) is 0 Å². The first-order valence-electron chi connectivity index (χ1n) is 9.45. The third-order valence-corrected chi connectivity index (χ3v) is 4.71. The van der Waals surface area contributed by atoms with Gasteiger partial charge in [-0.15, -0.1) is 0 Å². The van der Waals surface area contributed by atoms with E-state index in [0.29, 0.717) is 17.7 Å². The maximum atomic E-state index is 12.5. The lowest BCUT2D eigenvalue weighted by Crippen LogP contribution is -2.41. The fraction of sp³-hybridized carbons (Fsp3) is 0.381. The number of rotatable bonds is 6. The smallest absolute Gasteiger partial charge is 0.257 e. The first-order chi connectivity index (χ1) is 13.5. The molecule has 0 unspecified atom stereocenters. The van der Waals surface area contributed by atoms with E-state index in [4.69, 9.17) is 4.74 Å². The third kappa shape index (κ3) is 5.37. The lowest BCUT2D eigenvalue weighted by molar-refractivity contribution is 0.0383. The average molecular weight is 382 g/mol. The molecule has 1 aliphatic rings. The highest BCUT2D eigenvalue weighted by Gasteiger charge is 2.14. The van der Waals surface area contributed by atoms with Crippen LogP contribution in [0.5, 0.6) is 0 Å². The van der Waals surface area contributed by atoms with E-state index in [2.05, 4.69) is 20.5 Å². The minimum Gasteiger partial charge on any atom is -0.379 e. The molecule has 1 saturated heterocycles. The zero-order valence-electron chi connectivity index (χ0n) is 16.3. The summed E-state index contributed by atoms with van der Waals surface area (Å²) in [6.07, 6.45) is 2.93. The fourth-order valence-corrected chi connectivity index (χ4v) is 3.09. The molecule has 2 aromatic rings. The monoisotopic (exact) mass is 382 g/mol. The molecule has 0 aliphatic carbocycles. The molecule has 0 spiro atoms. The highest BCUT2D eigenvalue weighted by atomic mass is 16.5. The number of hydrogen-bond donors (Lipinski definition) is 2. The second-order valence-electron chi connectivity index (χ2n) is 6.94. The molecule has 148 valence electrons. The van der Waals surface area contributed by atoms with E-state index in [1.54, 1.807) is 6.07 Å². The van der Waals surface area contributed by atoms with Gasteiger partial charge < -0.3 is 15.4 Å². The van der Waals surface area contributed by atoms with Gasteiger partial charge in [-0.05, 0) is 31.5 Å². The van der Waals surface area contributed by atoms with Gasteiger partial charge in [0.25, 0.3) is 11.8 Å². The van der Waals surface area contributed by atoms with Crippen molar-refractivity contribution in [3.8, 4) is 0 Å². The van der Waals surface area contributed by atoms with Crippen LogP contribution in [-0.4, -0.2) is 61.1 Å². The standard InChI is InChI=1S/C21H26N4O3/c1-15-3-4-19(16(2)11-15)24-21(27)18-12-17(13-22-14-18)20(26)23-5-6-25-7-9-28-10-8-25/h3-4,11-14H,5-10H2,1-2H3,(H,23,26)(H,24,27). The van der Waals surface area contributed by atoms with E-state index in [0.717, 1.165) is 49.7 Å². The summed E-state index contributed by atoms with van der Waals surface area (Å²) in [5.41, 5.74) is 3.58. The zero-order valence-corrected chi connectivity index (χ0v) is 16.3. The molecule has 1 fully saturated rings. The Morgan fingerprint density at radius 1 is 1.07 bits per heavy atom. The van der Waals surface area contributed by atoms with Gasteiger partial charge in [0.2, 0.25) is 0 Å². The molecule has 0 saturated carbocycles. The summed E-state index contributed by atoms with van der Waals surface area (Å²) in [7, 11) is 0. The van der Waals surface area contributed by atoms with E-state index in [9.17, 15) is 9.59 Å². The van der Waals surface area contributed by atoms with E-state index in [1.807, 2.05) is 32.0 Å². The van der Waals surface area contributed by atoms with Crippen LogP contribution in [-0.2, 0) is 4.74 Å². The molecule has 1 aliphatic heterocycles. The lowest BCUT2D eigenvalue weighted by Gasteiger charge is -2.26. The van der Waals surface area contributed by atoms with Crippen LogP contribution < -0.4 is 10.6 Å². The van der Waals surface area contributed by atoms with Crippen molar-refractivity contribution in [3.05, 3.63) is 58.9 Å². The lowest BCUT2D eigenvalue weighted by atomic mass is 10.1. The summed E-state index contributed by atoms with van der Waals surface area (Å²) in [5, 5.41) is 5.76. The topological polar surface area (TPSA) is 83.6 Å². The van der Waals surface area contributed by atoms with Crippen molar-refractivity contribution >= 4 is 17.5 Å². The van der Waals surface area contributed by atoms with Crippen molar-refractivity contribution < 1.29 is 14.3 Å². The number of morpholine rings is 1. The normalized spacial score (nSPS) is 14.5. The second-order valence-corrected chi connectivity index (χ2v) is 6.94. The molecule has 7 nitrogen and oxygen atoms in total. The minimum atomic E-state index is -0.289. The van der Waals surface area contributed by atoms with Crippen molar-refractivity contribution in [3.63, 3.8) is 0 Å². The van der Waals surface area contributed by atoms with E-state index >= 15 is 0 Å². The number of benzene rings is 1. The Morgan fingerprint density at radius 2 is 1.79 bits per heavy atom. The predicted octanol–water partition coefficient (Wildman–Crippen LogP) is 2.01. The van der Waals surface area contributed by atoms with Crippen LogP contribution in [0.2, 0.25) is 0 Å². The van der Waals surface area contributed by atoms with Gasteiger partial charge in [-0.3, -0.25) is 19.5 Å². The molecule has 1 aromatic heterocycles. The number of hydrogen-bond acceptors (Lipinski definition) is 5. The molecule has 2 N–H and O–H groups in total. The molecule has 7 heteroatoms. The Bertz CT molecular complexity index is 847. The largest absolute Gasteiger partial charge is 0.379 e. The number of carbonyl (C=O) groups is 2. The van der Waals surface area contributed by atoms with Crippen LogP contribution in [0.25, 0.3) is 0 Å². The summed E-state index contributed by atoms with van der Waals surface area (Å²) in [4.78, 5) is 31.2. The molecule has 0 radical (unpaired) electrons. The quantitative estimate of drug-likeness (QED) is 0.799. The second kappa shape index (κ2) is 9.43. The van der Waals surface area contributed by atoms with E-state index < -0.39 is 0 Å². The number of nitrogens with one attached hydrogen (secondary N) is 2. The maximum absolute atomic E-state index is 12.5. The number of anilines is 1. The molecule has 1 aromatic carbocycles. The summed E-state index contributed by atoms with van der Waals surface area (Å²) < 4.78 is 5.31. The average Bonchev–Trinajstić information content (AvgIpc) is 2.71. The molecule has 2 heterocycles.